The highest BCUT2D eigenvalue weighted by atomic mass is 32.2. The summed E-state index contributed by atoms with van der Waals surface area (Å²) in [5, 5.41) is 11.6. The number of halogens is 2. The number of sulfonamides is 1. The standard InChI is InChI=1S/C11H10F2N2O5S/c12-6-2-1-5(3-7(6)13)21(19,20)15-11(18)9-8(16)4-14-10(9)17/h1-3,8-9,16H,4H2,(H,14,17)(H,15,18). The normalized spacial score (nSPS) is 22.0. The van der Waals surface area contributed by atoms with Gasteiger partial charge in [-0.15, -0.1) is 0 Å². The van der Waals surface area contributed by atoms with Gasteiger partial charge in [0.2, 0.25) is 11.8 Å². The first-order valence-corrected chi connectivity index (χ1v) is 7.18. The van der Waals surface area contributed by atoms with Crippen molar-refractivity contribution >= 4 is 21.8 Å². The van der Waals surface area contributed by atoms with Crippen LogP contribution in [0.3, 0.4) is 0 Å². The fourth-order valence-corrected chi connectivity index (χ4v) is 2.82. The van der Waals surface area contributed by atoms with Crippen molar-refractivity contribution in [2.75, 3.05) is 6.54 Å². The number of aliphatic hydroxyl groups excluding tert-OH is 1. The Bertz CT molecular complexity index is 707. The molecule has 0 bridgehead atoms. The summed E-state index contributed by atoms with van der Waals surface area (Å²) < 4.78 is 51.0. The first-order valence-electron chi connectivity index (χ1n) is 5.70. The number of carbonyl (C=O) groups is 2. The minimum atomic E-state index is -4.48. The highest BCUT2D eigenvalue weighted by molar-refractivity contribution is 7.90. The predicted octanol–water partition coefficient (Wildman–Crippen LogP) is -1.12. The molecular weight excluding hydrogens is 310 g/mol. The van der Waals surface area contributed by atoms with E-state index >= 15 is 0 Å². The van der Waals surface area contributed by atoms with Crippen LogP contribution < -0.4 is 10.0 Å². The Labute approximate surface area is 118 Å². The average molecular weight is 320 g/mol. The molecule has 7 nitrogen and oxygen atoms in total. The maximum atomic E-state index is 13.0. The van der Waals surface area contributed by atoms with Gasteiger partial charge in [-0.1, -0.05) is 0 Å². The molecule has 2 rings (SSSR count). The maximum Gasteiger partial charge on any atom is 0.264 e. The number of β-amino-alcohol motifs (C(OH)–C–C–N with tert-alkyl or cyclic N) is 1. The van der Waals surface area contributed by atoms with Gasteiger partial charge in [0.25, 0.3) is 10.0 Å². The minimum absolute atomic E-state index is 0.178. The molecule has 1 heterocycles. The van der Waals surface area contributed by atoms with Crippen molar-refractivity contribution in [2.24, 2.45) is 5.92 Å². The topological polar surface area (TPSA) is 113 Å². The fourth-order valence-electron chi connectivity index (χ4n) is 1.80. The summed E-state index contributed by atoms with van der Waals surface area (Å²) >= 11 is 0. The molecular formula is C11H10F2N2O5S. The van der Waals surface area contributed by atoms with Gasteiger partial charge in [-0.25, -0.2) is 21.9 Å². The van der Waals surface area contributed by atoms with Gasteiger partial charge >= 0.3 is 0 Å². The molecule has 2 unspecified atom stereocenters. The highest BCUT2D eigenvalue weighted by Crippen LogP contribution is 2.16. The van der Waals surface area contributed by atoms with Crippen LogP contribution in [-0.4, -0.2) is 38.0 Å². The SMILES string of the molecule is O=C1NCC(O)C1C(=O)NS(=O)(=O)c1ccc(F)c(F)c1. The van der Waals surface area contributed by atoms with Crippen LogP contribution in [0.25, 0.3) is 0 Å². The van der Waals surface area contributed by atoms with E-state index in [9.17, 15) is 31.9 Å². The zero-order valence-electron chi connectivity index (χ0n) is 10.3. The lowest BCUT2D eigenvalue weighted by Gasteiger charge is -2.12. The summed E-state index contributed by atoms with van der Waals surface area (Å²) in [5.74, 6) is -6.29. The lowest BCUT2D eigenvalue weighted by molar-refractivity contribution is -0.134. The number of nitrogens with one attached hydrogen (secondary N) is 2. The van der Waals surface area contributed by atoms with Crippen molar-refractivity contribution in [3.63, 3.8) is 0 Å². The Morgan fingerprint density at radius 1 is 1.33 bits per heavy atom. The molecule has 3 N–H and O–H groups in total. The van der Waals surface area contributed by atoms with Crippen molar-refractivity contribution in [2.45, 2.75) is 11.0 Å². The zero-order chi connectivity index (χ0) is 15.8. The lowest BCUT2D eigenvalue weighted by Crippen LogP contribution is -2.42. The molecule has 1 fully saturated rings. The van der Waals surface area contributed by atoms with Crippen molar-refractivity contribution < 1.29 is 31.9 Å². The molecule has 1 aliphatic heterocycles. The molecule has 1 aromatic carbocycles. The Hall–Kier alpha value is -2.07. The third-order valence-electron chi connectivity index (χ3n) is 2.87. The smallest absolute Gasteiger partial charge is 0.264 e. The van der Waals surface area contributed by atoms with Crippen molar-refractivity contribution in [1.29, 1.82) is 0 Å². The molecule has 0 radical (unpaired) electrons. The molecule has 10 heteroatoms. The van der Waals surface area contributed by atoms with Gasteiger partial charge in [0.05, 0.1) is 11.0 Å². The van der Waals surface area contributed by atoms with Crippen LogP contribution in [0.1, 0.15) is 0 Å². The molecule has 1 aliphatic rings. The Morgan fingerprint density at radius 3 is 2.52 bits per heavy atom. The lowest BCUT2D eigenvalue weighted by atomic mass is 10.1. The monoisotopic (exact) mass is 320 g/mol. The number of benzene rings is 1. The summed E-state index contributed by atoms with van der Waals surface area (Å²) in [6.45, 7) is -0.178. The molecule has 1 saturated heterocycles. The van der Waals surface area contributed by atoms with Gasteiger partial charge in [-0.3, -0.25) is 9.59 Å². The van der Waals surface area contributed by atoms with Crippen LogP contribution in [-0.2, 0) is 19.6 Å². The number of carbonyl (C=O) groups excluding carboxylic acids is 2. The largest absolute Gasteiger partial charge is 0.390 e. The number of hydrogen-bond acceptors (Lipinski definition) is 5. The Kier molecular flexibility index (Phi) is 3.92. The number of amides is 2. The molecule has 0 spiro atoms. The van der Waals surface area contributed by atoms with Crippen LogP contribution in [0.15, 0.2) is 23.1 Å². The first kappa shape index (κ1) is 15.3. The van der Waals surface area contributed by atoms with E-state index in [1.165, 1.54) is 0 Å². The first-order chi connectivity index (χ1) is 9.72. The van der Waals surface area contributed by atoms with Crippen LogP contribution >= 0.6 is 0 Å². The van der Waals surface area contributed by atoms with Gasteiger partial charge in [0, 0.05) is 6.54 Å². The van der Waals surface area contributed by atoms with E-state index in [1.54, 1.807) is 4.72 Å². The summed E-state index contributed by atoms with van der Waals surface area (Å²) in [6, 6.07) is 1.75. The van der Waals surface area contributed by atoms with Crippen molar-refractivity contribution in [1.82, 2.24) is 10.0 Å². The molecule has 114 valence electrons. The molecule has 0 saturated carbocycles. The fraction of sp³-hybridized carbons (Fsp3) is 0.273. The summed E-state index contributed by atoms with van der Waals surface area (Å²) in [6.07, 6.45) is -1.36. The zero-order valence-corrected chi connectivity index (χ0v) is 11.2. The third kappa shape index (κ3) is 3.00. The number of rotatable bonds is 3. The van der Waals surface area contributed by atoms with E-state index in [2.05, 4.69) is 5.32 Å². The van der Waals surface area contributed by atoms with Gasteiger partial charge < -0.3 is 10.4 Å². The van der Waals surface area contributed by atoms with E-state index in [0.29, 0.717) is 12.1 Å². The van der Waals surface area contributed by atoms with E-state index in [1.807, 2.05) is 0 Å². The third-order valence-corrected chi connectivity index (χ3v) is 4.22. The second-order valence-corrected chi connectivity index (χ2v) is 6.02. The molecule has 2 amide bonds. The maximum absolute atomic E-state index is 13.0. The van der Waals surface area contributed by atoms with Crippen LogP contribution in [0.5, 0.6) is 0 Å². The molecule has 0 aliphatic carbocycles. The summed E-state index contributed by atoms with van der Waals surface area (Å²) in [5.41, 5.74) is 0. The van der Waals surface area contributed by atoms with Crippen LogP contribution in [0.2, 0.25) is 0 Å². The van der Waals surface area contributed by atoms with E-state index in [-0.39, 0.29) is 6.54 Å². The van der Waals surface area contributed by atoms with Gasteiger partial charge in [-0.05, 0) is 18.2 Å². The van der Waals surface area contributed by atoms with Crippen LogP contribution in [0, 0.1) is 17.6 Å². The second-order valence-electron chi connectivity index (χ2n) is 4.34. The Morgan fingerprint density at radius 2 is 2.00 bits per heavy atom. The van der Waals surface area contributed by atoms with Crippen molar-refractivity contribution in [3.8, 4) is 0 Å². The van der Waals surface area contributed by atoms with Crippen LogP contribution in [0.4, 0.5) is 8.78 Å². The number of aliphatic hydroxyl groups is 1. The average Bonchev–Trinajstić information content (AvgIpc) is 2.71. The summed E-state index contributed by atoms with van der Waals surface area (Å²) in [7, 11) is -4.48. The van der Waals surface area contributed by atoms with Gasteiger partial charge in [-0.2, -0.15) is 0 Å². The van der Waals surface area contributed by atoms with Gasteiger partial charge in [0.1, 0.15) is 5.92 Å². The quantitative estimate of drug-likeness (QED) is 0.611. The molecule has 2 atom stereocenters. The molecule has 21 heavy (non-hydrogen) atoms. The predicted molar refractivity (Wildman–Crippen MR) is 64.2 cm³/mol. The summed E-state index contributed by atoms with van der Waals surface area (Å²) in [4.78, 5) is 22.4. The van der Waals surface area contributed by atoms with E-state index in [4.69, 9.17) is 0 Å². The minimum Gasteiger partial charge on any atom is -0.390 e. The molecule has 0 aromatic heterocycles. The van der Waals surface area contributed by atoms with E-state index < -0.39 is 50.4 Å². The highest BCUT2D eigenvalue weighted by Gasteiger charge is 2.40. The second kappa shape index (κ2) is 5.37. The molecule has 1 aromatic rings. The number of hydrogen-bond donors (Lipinski definition) is 3. The van der Waals surface area contributed by atoms with E-state index in [0.717, 1.165) is 6.07 Å². The van der Waals surface area contributed by atoms with Gasteiger partial charge in [0.15, 0.2) is 11.6 Å². The Balaban J connectivity index is 2.23. The van der Waals surface area contributed by atoms with Crippen molar-refractivity contribution in [3.05, 3.63) is 29.8 Å².